The summed E-state index contributed by atoms with van der Waals surface area (Å²) in [5, 5.41) is 11.5. The molecule has 1 aliphatic rings. The molecule has 0 unspecified atom stereocenters. The molecule has 1 atom stereocenters. The van der Waals surface area contributed by atoms with E-state index in [1.54, 1.807) is 4.57 Å². The topological polar surface area (TPSA) is 74.5 Å². The molecule has 6 nitrogen and oxygen atoms in total. The van der Waals surface area contributed by atoms with Gasteiger partial charge in [-0.05, 0) is 24.1 Å². The molecule has 0 fully saturated rings. The molecule has 12 heteroatoms. The zero-order chi connectivity index (χ0) is 20.9. The van der Waals surface area contributed by atoms with Crippen LogP contribution < -0.4 is 5.73 Å². The van der Waals surface area contributed by atoms with Gasteiger partial charge in [0.25, 0.3) is 0 Å². The molecule has 0 radical (unpaired) electrons. The molecule has 0 saturated carbocycles. The molecule has 0 aliphatic carbocycles. The number of hydrogen-bond donors (Lipinski definition) is 1. The maximum absolute atomic E-state index is 13.8. The number of aryl methyl sites for hydroxylation is 1. The minimum absolute atomic E-state index is 0.0809. The highest BCUT2D eigenvalue weighted by atomic mass is 19.4. The third-order valence-electron chi connectivity index (χ3n) is 4.68. The van der Waals surface area contributed by atoms with E-state index >= 15 is 0 Å². The summed E-state index contributed by atoms with van der Waals surface area (Å²) in [6.45, 7) is 0.479. The van der Waals surface area contributed by atoms with Crippen molar-refractivity contribution in [2.75, 3.05) is 0 Å². The molecule has 0 spiro atoms. The van der Waals surface area contributed by atoms with Crippen molar-refractivity contribution in [2.24, 2.45) is 5.73 Å². The van der Waals surface area contributed by atoms with E-state index in [9.17, 15) is 26.3 Å². The molecule has 0 amide bonds. The second-order valence-corrected chi connectivity index (χ2v) is 6.75. The van der Waals surface area contributed by atoms with Crippen LogP contribution in [0.1, 0.15) is 17.1 Å². The van der Waals surface area contributed by atoms with Crippen LogP contribution >= 0.6 is 0 Å². The Balaban J connectivity index is 1.55. The first-order chi connectivity index (χ1) is 13.6. The number of alkyl halides is 3. The Morgan fingerprint density at radius 3 is 2.41 bits per heavy atom. The Morgan fingerprint density at radius 1 is 0.966 bits per heavy atom. The summed E-state index contributed by atoms with van der Waals surface area (Å²) in [7, 11) is 0. The van der Waals surface area contributed by atoms with Gasteiger partial charge < -0.3 is 10.3 Å². The van der Waals surface area contributed by atoms with Crippen molar-refractivity contribution in [1.82, 2.24) is 24.5 Å². The fourth-order valence-corrected chi connectivity index (χ4v) is 3.32. The van der Waals surface area contributed by atoms with Gasteiger partial charge in [-0.2, -0.15) is 18.3 Å². The van der Waals surface area contributed by atoms with Gasteiger partial charge in [-0.25, -0.2) is 13.2 Å². The normalized spacial score (nSPS) is 14.6. The maximum atomic E-state index is 13.8. The molecule has 4 rings (SSSR count). The first-order valence-electron chi connectivity index (χ1n) is 8.60. The van der Waals surface area contributed by atoms with Crippen molar-refractivity contribution >= 4 is 0 Å². The van der Waals surface area contributed by atoms with Gasteiger partial charge in [0.05, 0.1) is 6.54 Å². The van der Waals surface area contributed by atoms with Gasteiger partial charge in [0.15, 0.2) is 23.2 Å². The smallest absolute Gasteiger partial charge is 0.327 e. The van der Waals surface area contributed by atoms with Crippen LogP contribution in [0.4, 0.5) is 26.3 Å². The van der Waals surface area contributed by atoms with Crippen molar-refractivity contribution in [3.05, 3.63) is 52.7 Å². The van der Waals surface area contributed by atoms with Gasteiger partial charge in [0, 0.05) is 25.1 Å². The lowest BCUT2D eigenvalue weighted by atomic mass is 10.0. The fourth-order valence-electron chi connectivity index (χ4n) is 3.32. The molecule has 0 bridgehead atoms. The molecule has 0 saturated heterocycles. The van der Waals surface area contributed by atoms with Crippen molar-refractivity contribution < 1.29 is 26.3 Å². The number of rotatable bonds is 4. The van der Waals surface area contributed by atoms with Crippen LogP contribution in [0.15, 0.2) is 18.2 Å². The van der Waals surface area contributed by atoms with Crippen molar-refractivity contribution in [2.45, 2.75) is 38.1 Å². The van der Waals surface area contributed by atoms with Gasteiger partial charge in [-0.3, -0.25) is 4.68 Å². The van der Waals surface area contributed by atoms with Crippen LogP contribution in [0.3, 0.4) is 0 Å². The number of benzene rings is 1. The van der Waals surface area contributed by atoms with Crippen molar-refractivity contribution in [3.8, 4) is 11.5 Å². The van der Waals surface area contributed by atoms with Crippen LogP contribution in [-0.2, 0) is 32.1 Å². The van der Waals surface area contributed by atoms with Gasteiger partial charge in [0.2, 0.25) is 0 Å². The van der Waals surface area contributed by atoms with E-state index in [1.807, 2.05) is 0 Å². The minimum Gasteiger partial charge on any atom is -0.327 e. The van der Waals surface area contributed by atoms with Crippen LogP contribution in [-0.4, -0.2) is 30.6 Å². The lowest BCUT2D eigenvalue weighted by Crippen LogP contribution is -2.29. The molecule has 1 aliphatic heterocycles. The summed E-state index contributed by atoms with van der Waals surface area (Å²) in [6, 6.07) is 1.41. The molecule has 2 N–H and O–H groups in total. The molecule has 3 aromatic rings. The number of nitrogens with two attached hydrogens (primary N) is 1. The summed E-state index contributed by atoms with van der Waals surface area (Å²) < 4.78 is 81.7. The summed E-state index contributed by atoms with van der Waals surface area (Å²) in [5.74, 6) is -2.76. The number of nitrogens with zero attached hydrogens (tertiary/aromatic N) is 5. The highest BCUT2D eigenvalue weighted by Gasteiger charge is 2.36. The van der Waals surface area contributed by atoms with Crippen LogP contribution in [0.25, 0.3) is 11.5 Å². The second kappa shape index (κ2) is 6.87. The van der Waals surface area contributed by atoms with E-state index in [2.05, 4.69) is 15.3 Å². The van der Waals surface area contributed by atoms with E-state index in [0.29, 0.717) is 11.9 Å². The first kappa shape index (κ1) is 19.4. The summed E-state index contributed by atoms with van der Waals surface area (Å²) in [5.41, 5.74) is 5.10. The monoisotopic (exact) mass is 416 g/mol. The second-order valence-electron chi connectivity index (χ2n) is 6.75. The Morgan fingerprint density at radius 2 is 1.69 bits per heavy atom. The zero-order valence-electron chi connectivity index (χ0n) is 14.7. The average Bonchev–Trinajstić information content (AvgIpc) is 3.23. The zero-order valence-corrected chi connectivity index (χ0v) is 14.7. The van der Waals surface area contributed by atoms with Crippen molar-refractivity contribution in [1.29, 1.82) is 0 Å². The lowest BCUT2D eigenvalue weighted by Gasteiger charge is -2.18. The van der Waals surface area contributed by atoms with E-state index < -0.39 is 35.4 Å². The molecule has 29 heavy (non-hydrogen) atoms. The van der Waals surface area contributed by atoms with E-state index in [1.165, 1.54) is 4.68 Å². The van der Waals surface area contributed by atoms with Gasteiger partial charge >= 0.3 is 6.18 Å². The third kappa shape index (κ3) is 3.59. The maximum Gasteiger partial charge on any atom is 0.435 e. The SMILES string of the molecule is N[C@H](Cc1cc(F)c(F)cc1F)Cc1nnc2n1CCn1nc(C(F)(F)F)cc1-2. The van der Waals surface area contributed by atoms with E-state index in [-0.39, 0.29) is 43.0 Å². The van der Waals surface area contributed by atoms with Crippen LogP contribution in [0, 0.1) is 17.5 Å². The van der Waals surface area contributed by atoms with Crippen LogP contribution in [0.2, 0.25) is 0 Å². The molecule has 3 heterocycles. The average molecular weight is 416 g/mol. The van der Waals surface area contributed by atoms with Gasteiger partial charge in [-0.1, -0.05) is 0 Å². The Bertz CT molecular complexity index is 1070. The number of halogens is 6. The predicted octanol–water partition coefficient (Wildman–Crippen LogP) is 2.70. The first-order valence-corrected chi connectivity index (χ1v) is 8.60. The van der Waals surface area contributed by atoms with E-state index in [4.69, 9.17) is 5.73 Å². The summed E-state index contributed by atoms with van der Waals surface area (Å²) in [4.78, 5) is 0. The van der Waals surface area contributed by atoms with Gasteiger partial charge in [0.1, 0.15) is 17.3 Å². The Kier molecular flexibility index (Phi) is 4.60. The largest absolute Gasteiger partial charge is 0.435 e. The highest BCUT2D eigenvalue weighted by molar-refractivity contribution is 5.52. The number of fused-ring (bicyclic) bond motifs is 3. The summed E-state index contributed by atoms with van der Waals surface area (Å²) >= 11 is 0. The lowest BCUT2D eigenvalue weighted by molar-refractivity contribution is -0.141. The number of hydrogen-bond acceptors (Lipinski definition) is 4. The molecule has 154 valence electrons. The summed E-state index contributed by atoms with van der Waals surface area (Å²) in [6.07, 6.45) is -4.54. The standard InChI is InChI=1S/C17H14F6N6/c18-10-6-12(20)11(19)4-8(10)3-9(24)5-15-25-26-16-13-7-14(17(21,22)23)27-29(13)2-1-28(15)16/h4,6-7,9H,1-3,5,24H2/t9-/m1/s1. The third-order valence-corrected chi connectivity index (χ3v) is 4.68. The van der Waals surface area contributed by atoms with E-state index in [0.717, 1.165) is 12.1 Å². The molecular formula is C17H14F6N6. The van der Waals surface area contributed by atoms with Crippen LogP contribution in [0.5, 0.6) is 0 Å². The molecular weight excluding hydrogens is 402 g/mol. The quantitative estimate of drug-likeness (QED) is 0.524. The fraction of sp³-hybridized carbons (Fsp3) is 0.353. The Hall–Kier alpha value is -2.89. The predicted molar refractivity (Wildman–Crippen MR) is 87.9 cm³/mol. The Labute approximate surface area is 159 Å². The molecule has 1 aromatic carbocycles. The van der Waals surface area contributed by atoms with Crippen molar-refractivity contribution in [3.63, 3.8) is 0 Å². The highest BCUT2D eigenvalue weighted by Crippen LogP contribution is 2.33. The number of aromatic nitrogens is 5. The minimum atomic E-state index is -4.57. The molecule has 2 aromatic heterocycles. The van der Waals surface area contributed by atoms with Gasteiger partial charge in [-0.15, -0.1) is 10.2 Å².